The molecule has 2 heterocycles. The molecule has 0 aliphatic carbocycles. The van der Waals surface area contributed by atoms with Gasteiger partial charge in [-0.25, -0.2) is 4.79 Å². The molecule has 1 aromatic heterocycles. The van der Waals surface area contributed by atoms with Crippen molar-refractivity contribution in [1.82, 2.24) is 9.55 Å². The summed E-state index contributed by atoms with van der Waals surface area (Å²) in [6.07, 6.45) is -0.0849. The van der Waals surface area contributed by atoms with Crippen LogP contribution in [0, 0.1) is 5.92 Å². The molecule has 0 saturated heterocycles. The monoisotopic (exact) mass is 468 g/mol. The van der Waals surface area contributed by atoms with Gasteiger partial charge in [0.1, 0.15) is 11.6 Å². The normalized spacial score (nSPS) is 14.8. The molecule has 4 rings (SSSR count). The van der Waals surface area contributed by atoms with Crippen molar-refractivity contribution < 1.29 is 14.3 Å². The zero-order chi connectivity index (χ0) is 23.5. The van der Waals surface area contributed by atoms with E-state index in [2.05, 4.69) is 15.6 Å². The number of H-pyrrole nitrogens is 1. The van der Waals surface area contributed by atoms with Crippen molar-refractivity contribution in [2.75, 3.05) is 17.7 Å². The summed E-state index contributed by atoms with van der Waals surface area (Å²) in [6.45, 7) is 0.143. The van der Waals surface area contributed by atoms with Gasteiger partial charge >= 0.3 is 5.69 Å². The summed E-state index contributed by atoms with van der Waals surface area (Å²) in [5, 5.41) is 5.91. The van der Waals surface area contributed by atoms with E-state index in [1.165, 1.54) is 4.57 Å². The number of methoxy groups -OCH3 is 1. The fourth-order valence-corrected chi connectivity index (χ4v) is 3.83. The molecule has 0 bridgehead atoms. The van der Waals surface area contributed by atoms with E-state index >= 15 is 0 Å². The van der Waals surface area contributed by atoms with Crippen LogP contribution >= 0.6 is 11.6 Å². The van der Waals surface area contributed by atoms with Crippen molar-refractivity contribution in [3.05, 3.63) is 85.5 Å². The zero-order valence-corrected chi connectivity index (χ0v) is 18.4. The minimum absolute atomic E-state index is 0.0351. The number of nitrogens with one attached hydrogen (secondary N) is 3. The molecule has 0 radical (unpaired) electrons. The van der Waals surface area contributed by atoms with Crippen molar-refractivity contribution in [3.63, 3.8) is 0 Å². The molecule has 0 fully saturated rings. The van der Waals surface area contributed by atoms with E-state index in [0.29, 0.717) is 16.5 Å². The number of amides is 2. The largest absolute Gasteiger partial charge is 0.497 e. The lowest BCUT2D eigenvalue weighted by Gasteiger charge is -2.26. The number of rotatable bonds is 6. The van der Waals surface area contributed by atoms with Crippen LogP contribution in [0.5, 0.6) is 5.75 Å². The van der Waals surface area contributed by atoms with Crippen molar-refractivity contribution in [2.45, 2.75) is 19.4 Å². The van der Waals surface area contributed by atoms with Gasteiger partial charge in [-0.05, 0) is 48.4 Å². The van der Waals surface area contributed by atoms with E-state index in [1.54, 1.807) is 55.6 Å². The molecule has 3 N–H and O–H groups in total. The van der Waals surface area contributed by atoms with E-state index in [9.17, 15) is 19.2 Å². The third kappa shape index (κ3) is 4.98. The van der Waals surface area contributed by atoms with Crippen LogP contribution in [0.3, 0.4) is 0 Å². The maximum atomic E-state index is 12.7. The second-order valence-electron chi connectivity index (χ2n) is 7.67. The van der Waals surface area contributed by atoms with Crippen LogP contribution in [0.1, 0.15) is 17.5 Å². The molecule has 0 spiro atoms. The fraction of sp³-hybridized carbons (Fsp3) is 0.217. The molecule has 170 valence electrons. The van der Waals surface area contributed by atoms with Crippen molar-refractivity contribution in [1.29, 1.82) is 0 Å². The summed E-state index contributed by atoms with van der Waals surface area (Å²) in [5.74, 6) is -0.731. The maximum Gasteiger partial charge on any atom is 0.330 e. The van der Waals surface area contributed by atoms with Gasteiger partial charge in [0.25, 0.3) is 5.56 Å². The number of benzene rings is 2. The molecular weight excluding hydrogens is 448 g/mol. The summed E-state index contributed by atoms with van der Waals surface area (Å²) >= 11 is 5.85. The fourth-order valence-electron chi connectivity index (χ4n) is 3.70. The Kier molecular flexibility index (Phi) is 6.32. The molecule has 2 aromatic carbocycles. The van der Waals surface area contributed by atoms with Crippen LogP contribution in [-0.2, 0) is 22.6 Å². The third-order valence-corrected chi connectivity index (χ3v) is 5.67. The Morgan fingerprint density at radius 1 is 1.12 bits per heavy atom. The second kappa shape index (κ2) is 9.33. The molecular formula is C23H21ClN4O5. The Bertz CT molecular complexity index is 1310. The maximum absolute atomic E-state index is 12.7. The summed E-state index contributed by atoms with van der Waals surface area (Å²) in [7, 11) is 1.56. The molecule has 1 aliphatic rings. The average molecular weight is 469 g/mol. The first kappa shape index (κ1) is 22.3. The first-order chi connectivity index (χ1) is 15.8. The number of fused-ring (bicyclic) bond motifs is 1. The van der Waals surface area contributed by atoms with Crippen LogP contribution < -0.4 is 26.6 Å². The van der Waals surface area contributed by atoms with Crippen molar-refractivity contribution in [2.24, 2.45) is 5.92 Å². The van der Waals surface area contributed by atoms with Crippen LogP contribution in [0.4, 0.5) is 11.5 Å². The van der Waals surface area contributed by atoms with E-state index in [0.717, 1.165) is 5.56 Å². The predicted molar refractivity (Wildman–Crippen MR) is 124 cm³/mol. The number of carbonyl (C=O) groups excluding carboxylic acids is 2. The van der Waals surface area contributed by atoms with Gasteiger partial charge in [-0.2, -0.15) is 0 Å². The van der Waals surface area contributed by atoms with Gasteiger partial charge in [0.05, 0.1) is 25.1 Å². The molecule has 1 unspecified atom stereocenters. The number of aromatic amines is 1. The number of carbonyl (C=O) groups is 2. The number of ether oxygens (including phenoxy) is 1. The van der Waals surface area contributed by atoms with Gasteiger partial charge in [0.2, 0.25) is 11.8 Å². The quantitative estimate of drug-likeness (QED) is 0.512. The first-order valence-corrected chi connectivity index (χ1v) is 10.6. The Morgan fingerprint density at radius 3 is 2.48 bits per heavy atom. The highest BCUT2D eigenvalue weighted by atomic mass is 35.5. The van der Waals surface area contributed by atoms with Gasteiger partial charge in [-0.15, -0.1) is 0 Å². The number of hydrogen-bond acceptors (Lipinski definition) is 5. The third-order valence-electron chi connectivity index (χ3n) is 5.42. The molecule has 2 amide bonds. The Morgan fingerprint density at radius 2 is 1.82 bits per heavy atom. The van der Waals surface area contributed by atoms with Gasteiger partial charge in [-0.3, -0.25) is 23.9 Å². The Labute approximate surface area is 193 Å². The standard InChI is InChI=1S/C23H21ClN4O5/c1-33-17-8-2-13(3-9-17)12-28-20-18(22(31)27-23(28)32)10-14(21(30)26-20)11-19(29)25-16-6-4-15(24)5-7-16/h2-9,14H,10-12H2,1H3,(H,25,29)(H,26,30)(H,27,31,32). The number of anilines is 2. The number of aromatic nitrogens is 2. The smallest absolute Gasteiger partial charge is 0.330 e. The molecule has 0 saturated carbocycles. The lowest BCUT2D eigenvalue weighted by molar-refractivity contribution is -0.125. The Hall–Kier alpha value is -3.85. The lowest BCUT2D eigenvalue weighted by Crippen LogP contribution is -2.42. The first-order valence-electron chi connectivity index (χ1n) is 10.2. The topological polar surface area (TPSA) is 122 Å². The number of halogens is 1. The minimum Gasteiger partial charge on any atom is -0.497 e. The van der Waals surface area contributed by atoms with Gasteiger partial charge in [-0.1, -0.05) is 23.7 Å². The zero-order valence-electron chi connectivity index (χ0n) is 17.7. The van der Waals surface area contributed by atoms with Gasteiger partial charge in [0.15, 0.2) is 0 Å². The summed E-state index contributed by atoms with van der Waals surface area (Å²) in [5.41, 5.74) is 0.378. The SMILES string of the molecule is COc1ccc(Cn2c3c(c(=O)[nH]c2=O)CC(CC(=O)Nc2ccc(Cl)cc2)C(=O)N3)cc1. The average Bonchev–Trinajstić information content (AvgIpc) is 2.79. The predicted octanol–water partition coefficient (Wildman–Crippen LogP) is 2.39. The second-order valence-corrected chi connectivity index (χ2v) is 8.11. The summed E-state index contributed by atoms with van der Waals surface area (Å²) < 4.78 is 6.44. The molecule has 3 aromatic rings. The van der Waals surface area contributed by atoms with Gasteiger partial charge in [0, 0.05) is 17.1 Å². The minimum atomic E-state index is -0.752. The van der Waals surface area contributed by atoms with Crippen molar-refractivity contribution >= 4 is 34.9 Å². The van der Waals surface area contributed by atoms with Crippen LogP contribution in [0.2, 0.25) is 5.02 Å². The highest BCUT2D eigenvalue weighted by molar-refractivity contribution is 6.30. The summed E-state index contributed by atoms with van der Waals surface area (Å²) in [6, 6.07) is 13.7. The molecule has 33 heavy (non-hydrogen) atoms. The van der Waals surface area contributed by atoms with E-state index in [1.807, 2.05) is 0 Å². The highest BCUT2D eigenvalue weighted by Gasteiger charge is 2.32. The van der Waals surface area contributed by atoms with Crippen LogP contribution in [0.25, 0.3) is 0 Å². The number of hydrogen-bond donors (Lipinski definition) is 3. The van der Waals surface area contributed by atoms with E-state index in [4.69, 9.17) is 16.3 Å². The Balaban J connectivity index is 1.55. The van der Waals surface area contributed by atoms with Crippen molar-refractivity contribution in [3.8, 4) is 5.75 Å². The molecule has 1 aliphatic heterocycles. The molecule has 9 nitrogen and oxygen atoms in total. The lowest BCUT2D eigenvalue weighted by atomic mass is 9.92. The summed E-state index contributed by atoms with van der Waals surface area (Å²) in [4.78, 5) is 52.5. The van der Waals surface area contributed by atoms with E-state index in [-0.39, 0.29) is 36.7 Å². The van der Waals surface area contributed by atoms with Gasteiger partial charge < -0.3 is 15.4 Å². The molecule has 1 atom stereocenters. The number of nitrogens with zero attached hydrogens (tertiary/aromatic N) is 1. The van der Waals surface area contributed by atoms with E-state index < -0.39 is 23.1 Å². The molecule has 10 heteroatoms. The highest BCUT2D eigenvalue weighted by Crippen LogP contribution is 2.25. The van der Waals surface area contributed by atoms with Crippen LogP contribution in [0.15, 0.2) is 58.1 Å². The van der Waals surface area contributed by atoms with Crippen LogP contribution in [-0.4, -0.2) is 28.5 Å².